The molecule has 0 unspecified atom stereocenters. The topological polar surface area (TPSA) is 74.0 Å². The Morgan fingerprint density at radius 1 is 1.25 bits per heavy atom. The van der Waals surface area contributed by atoms with Crippen molar-refractivity contribution in [3.8, 4) is 0 Å². The number of rotatable bonds is 4. The van der Waals surface area contributed by atoms with Crippen molar-refractivity contribution < 1.29 is 9.59 Å². The Morgan fingerprint density at radius 3 is 2.65 bits per heavy atom. The number of nitrogens with one attached hydrogen (secondary N) is 3. The van der Waals surface area contributed by atoms with Crippen molar-refractivity contribution in [3.05, 3.63) is 36.0 Å². The van der Waals surface area contributed by atoms with Crippen molar-refractivity contribution in [1.82, 2.24) is 15.6 Å². The van der Waals surface area contributed by atoms with Crippen molar-refractivity contribution in [2.24, 2.45) is 5.41 Å². The molecule has 0 fully saturated rings. The third kappa shape index (κ3) is 2.66. The van der Waals surface area contributed by atoms with Gasteiger partial charge in [0.1, 0.15) is 0 Å². The molecular formula is C15H19N3O2. The van der Waals surface area contributed by atoms with Gasteiger partial charge in [-0.15, -0.1) is 0 Å². The maximum atomic E-state index is 12.2. The maximum Gasteiger partial charge on any atom is 0.253 e. The van der Waals surface area contributed by atoms with Crippen LogP contribution < -0.4 is 10.6 Å². The number of para-hydroxylation sites is 1. The maximum absolute atomic E-state index is 12.2. The van der Waals surface area contributed by atoms with Crippen LogP contribution in [0.3, 0.4) is 0 Å². The summed E-state index contributed by atoms with van der Waals surface area (Å²) in [7, 11) is 1.59. The lowest BCUT2D eigenvalue weighted by atomic mass is 9.92. The largest absolute Gasteiger partial charge is 0.360 e. The van der Waals surface area contributed by atoms with E-state index >= 15 is 0 Å². The molecule has 106 valence electrons. The molecule has 2 aromatic rings. The summed E-state index contributed by atoms with van der Waals surface area (Å²) in [5, 5.41) is 6.29. The number of fused-ring (bicyclic) bond motifs is 1. The van der Waals surface area contributed by atoms with E-state index in [9.17, 15) is 9.59 Å². The van der Waals surface area contributed by atoms with Crippen molar-refractivity contribution >= 4 is 22.7 Å². The molecule has 0 aliphatic carbocycles. The average Bonchev–Trinajstić information content (AvgIpc) is 2.88. The Bertz CT molecular complexity index is 643. The highest BCUT2D eigenvalue weighted by Gasteiger charge is 2.27. The highest BCUT2D eigenvalue weighted by atomic mass is 16.2. The van der Waals surface area contributed by atoms with Gasteiger partial charge in [0, 0.05) is 30.7 Å². The SMILES string of the molecule is CNC(=O)C(C)(C)CNC(=O)c1c[nH]c2ccccc12. The molecule has 20 heavy (non-hydrogen) atoms. The second-order valence-electron chi connectivity index (χ2n) is 5.39. The number of carbonyl (C=O) groups is 2. The molecule has 3 N–H and O–H groups in total. The average molecular weight is 273 g/mol. The zero-order valence-electron chi connectivity index (χ0n) is 11.9. The molecule has 0 radical (unpaired) electrons. The van der Waals surface area contributed by atoms with E-state index in [0.717, 1.165) is 10.9 Å². The fourth-order valence-electron chi connectivity index (χ4n) is 2.07. The van der Waals surface area contributed by atoms with Crippen molar-refractivity contribution in [1.29, 1.82) is 0 Å². The van der Waals surface area contributed by atoms with Crippen LogP contribution in [0, 0.1) is 5.41 Å². The molecule has 1 aromatic carbocycles. The van der Waals surface area contributed by atoms with Gasteiger partial charge in [0.25, 0.3) is 5.91 Å². The Kier molecular flexibility index (Phi) is 3.79. The first kappa shape index (κ1) is 14.1. The molecule has 2 rings (SSSR count). The van der Waals surface area contributed by atoms with Crippen molar-refractivity contribution in [2.45, 2.75) is 13.8 Å². The van der Waals surface area contributed by atoms with Gasteiger partial charge in [-0.05, 0) is 19.9 Å². The van der Waals surface area contributed by atoms with Crippen LogP contribution >= 0.6 is 0 Å². The first-order chi connectivity index (χ1) is 9.45. The van der Waals surface area contributed by atoms with Gasteiger partial charge in [0.15, 0.2) is 0 Å². The minimum absolute atomic E-state index is 0.100. The Hall–Kier alpha value is -2.30. The number of hydrogen-bond acceptors (Lipinski definition) is 2. The zero-order chi connectivity index (χ0) is 14.8. The van der Waals surface area contributed by atoms with E-state index in [4.69, 9.17) is 0 Å². The predicted octanol–water partition coefficient (Wildman–Crippen LogP) is 1.67. The van der Waals surface area contributed by atoms with Gasteiger partial charge in [0.2, 0.25) is 5.91 Å². The van der Waals surface area contributed by atoms with Gasteiger partial charge in [-0.25, -0.2) is 0 Å². The molecule has 0 aliphatic rings. The highest BCUT2D eigenvalue weighted by molar-refractivity contribution is 6.06. The molecule has 5 heteroatoms. The third-order valence-electron chi connectivity index (χ3n) is 3.37. The van der Waals surface area contributed by atoms with Gasteiger partial charge in [-0.3, -0.25) is 9.59 Å². The summed E-state index contributed by atoms with van der Waals surface area (Å²) in [6, 6.07) is 7.61. The van der Waals surface area contributed by atoms with E-state index < -0.39 is 5.41 Å². The van der Waals surface area contributed by atoms with Crippen LogP contribution in [0.4, 0.5) is 0 Å². The van der Waals surface area contributed by atoms with Crippen LogP contribution in [-0.2, 0) is 4.79 Å². The summed E-state index contributed by atoms with van der Waals surface area (Å²) in [6.07, 6.45) is 1.69. The minimum Gasteiger partial charge on any atom is -0.360 e. The first-order valence-electron chi connectivity index (χ1n) is 6.52. The van der Waals surface area contributed by atoms with Gasteiger partial charge in [0.05, 0.1) is 11.0 Å². The highest BCUT2D eigenvalue weighted by Crippen LogP contribution is 2.18. The molecule has 0 aliphatic heterocycles. The summed E-state index contributed by atoms with van der Waals surface area (Å²) < 4.78 is 0. The number of carbonyl (C=O) groups excluding carboxylic acids is 2. The lowest BCUT2D eigenvalue weighted by Gasteiger charge is -2.22. The minimum atomic E-state index is -0.642. The molecule has 2 amide bonds. The second-order valence-corrected chi connectivity index (χ2v) is 5.39. The second kappa shape index (κ2) is 5.36. The fraction of sp³-hybridized carbons (Fsp3) is 0.333. The Balaban J connectivity index is 2.11. The van der Waals surface area contributed by atoms with Gasteiger partial charge < -0.3 is 15.6 Å². The lowest BCUT2D eigenvalue weighted by molar-refractivity contribution is -0.128. The third-order valence-corrected chi connectivity index (χ3v) is 3.37. The normalized spacial score (nSPS) is 11.3. The fourth-order valence-corrected chi connectivity index (χ4v) is 2.07. The standard InChI is InChI=1S/C15H19N3O2/c1-15(2,14(20)16-3)9-18-13(19)11-8-17-12-7-5-4-6-10(11)12/h4-8,17H,9H2,1-3H3,(H,16,20)(H,18,19). The van der Waals surface area contributed by atoms with Crippen LogP contribution in [0.1, 0.15) is 24.2 Å². The quantitative estimate of drug-likeness (QED) is 0.792. The number of H-pyrrole nitrogens is 1. The Labute approximate surface area is 117 Å². The number of amides is 2. The first-order valence-corrected chi connectivity index (χ1v) is 6.52. The number of benzene rings is 1. The van der Waals surface area contributed by atoms with E-state index in [0.29, 0.717) is 5.56 Å². The molecule has 5 nitrogen and oxygen atoms in total. The Morgan fingerprint density at radius 2 is 1.95 bits per heavy atom. The predicted molar refractivity (Wildman–Crippen MR) is 78.5 cm³/mol. The van der Waals surface area contributed by atoms with Crippen molar-refractivity contribution in [3.63, 3.8) is 0 Å². The number of hydrogen-bond donors (Lipinski definition) is 3. The smallest absolute Gasteiger partial charge is 0.253 e. The zero-order valence-corrected chi connectivity index (χ0v) is 11.9. The summed E-state index contributed by atoms with van der Waals surface area (Å²) in [5.74, 6) is -0.281. The molecule has 0 saturated carbocycles. The van der Waals surface area contributed by atoms with Crippen LogP contribution in [0.15, 0.2) is 30.5 Å². The molecule has 0 saturated heterocycles. The summed E-state index contributed by atoms with van der Waals surface area (Å²) in [4.78, 5) is 27.0. The number of aromatic nitrogens is 1. The summed E-state index contributed by atoms with van der Waals surface area (Å²) in [5.41, 5.74) is 0.868. The van der Waals surface area contributed by atoms with E-state index in [1.807, 2.05) is 24.3 Å². The molecule has 1 aromatic heterocycles. The molecule has 0 atom stereocenters. The molecule has 1 heterocycles. The van der Waals surface area contributed by atoms with Crippen LogP contribution in [0.2, 0.25) is 0 Å². The monoisotopic (exact) mass is 273 g/mol. The van der Waals surface area contributed by atoms with Gasteiger partial charge in [-0.1, -0.05) is 18.2 Å². The lowest BCUT2D eigenvalue weighted by Crippen LogP contribution is -2.43. The van der Waals surface area contributed by atoms with E-state index in [2.05, 4.69) is 15.6 Å². The van der Waals surface area contributed by atoms with Crippen LogP contribution in [-0.4, -0.2) is 30.4 Å². The van der Waals surface area contributed by atoms with E-state index in [1.54, 1.807) is 27.1 Å². The van der Waals surface area contributed by atoms with E-state index in [-0.39, 0.29) is 18.4 Å². The van der Waals surface area contributed by atoms with Crippen molar-refractivity contribution in [2.75, 3.05) is 13.6 Å². The molecule has 0 bridgehead atoms. The van der Waals surface area contributed by atoms with Gasteiger partial charge in [-0.2, -0.15) is 0 Å². The molecule has 0 spiro atoms. The summed E-state index contributed by atoms with van der Waals surface area (Å²) in [6.45, 7) is 3.87. The summed E-state index contributed by atoms with van der Waals surface area (Å²) >= 11 is 0. The molecular weight excluding hydrogens is 254 g/mol. The van der Waals surface area contributed by atoms with Crippen LogP contribution in [0.5, 0.6) is 0 Å². The van der Waals surface area contributed by atoms with E-state index in [1.165, 1.54) is 0 Å². The number of aromatic amines is 1. The van der Waals surface area contributed by atoms with Crippen LogP contribution in [0.25, 0.3) is 10.9 Å². The van der Waals surface area contributed by atoms with Gasteiger partial charge >= 0.3 is 0 Å².